The van der Waals surface area contributed by atoms with E-state index in [0.29, 0.717) is 6.04 Å². The topological polar surface area (TPSA) is 42.2 Å². The van der Waals surface area contributed by atoms with E-state index in [1.54, 1.807) is 11.3 Å². The molecule has 2 aromatic heterocycles. The zero-order valence-electron chi connectivity index (χ0n) is 11.0. The van der Waals surface area contributed by atoms with Crippen LogP contribution in [0.1, 0.15) is 30.3 Å². The molecule has 4 nitrogen and oxygen atoms in total. The molecular weight excluding hydrogens is 270 g/mol. The number of piperidine rings is 1. The van der Waals surface area contributed by atoms with Crippen LogP contribution in [0.3, 0.4) is 0 Å². The highest BCUT2D eigenvalue weighted by atomic mass is 32.1. The summed E-state index contributed by atoms with van der Waals surface area (Å²) in [6.45, 7) is 0.983. The number of nitrogens with zero attached hydrogens (tertiary/aromatic N) is 3. The normalized spacial score (nSPS) is 19.6. The molecule has 102 valence electrons. The third kappa shape index (κ3) is 1.98. The van der Waals surface area contributed by atoms with Crippen LogP contribution in [0.2, 0.25) is 0 Å². The fourth-order valence-corrected chi connectivity index (χ4v) is 3.58. The van der Waals surface area contributed by atoms with E-state index in [2.05, 4.69) is 14.9 Å². The van der Waals surface area contributed by atoms with Gasteiger partial charge in [0.15, 0.2) is 5.58 Å². The van der Waals surface area contributed by atoms with Gasteiger partial charge in [0.05, 0.1) is 6.04 Å². The third-order valence-electron chi connectivity index (χ3n) is 3.77. The predicted octanol–water partition coefficient (Wildman–Crippen LogP) is 4.02. The summed E-state index contributed by atoms with van der Waals surface area (Å²) < 4.78 is 5.93. The Balaban J connectivity index is 1.74. The average Bonchev–Trinajstić information content (AvgIpc) is 3.16. The molecule has 20 heavy (non-hydrogen) atoms. The molecule has 3 aromatic rings. The summed E-state index contributed by atoms with van der Waals surface area (Å²) >= 11 is 1.71. The molecular formula is C15H15N3OS. The maximum Gasteiger partial charge on any atom is 0.298 e. The molecule has 0 saturated carbocycles. The zero-order chi connectivity index (χ0) is 13.4. The molecule has 4 rings (SSSR count). The van der Waals surface area contributed by atoms with Crippen LogP contribution in [0, 0.1) is 0 Å². The van der Waals surface area contributed by atoms with Gasteiger partial charge in [-0.25, -0.2) is 4.98 Å². The Hall–Kier alpha value is -1.88. The second-order valence-corrected chi connectivity index (χ2v) is 5.97. The van der Waals surface area contributed by atoms with Crippen molar-refractivity contribution in [3.8, 4) is 0 Å². The van der Waals surface area contributed by atoms with Crippen LogP contribution < -0.4 is 4.90 Å². The van der Waals surface area contributed by atoms with Crippen LogP contribution in [0.15, 0.2) is 40.3 Å². The van der Waals surface area contributed by atoms with E-state index in [1.165, 1.54) is 12.8 Å². The molecule has 0 N–H and O–H groups in total. The zero-order valence-corrected chi connectivity index (χ0v) is 11.8. The van der Waals surface area contributed by atoms with E-state index in [9.17, 15) is 0 Å². The number of fused-ring (bicyclic) bond motifs is 1. The summed E-state index contributed by atoms with van der Waals surface area (Å²) in [6.07, 6.45) is 5.41. The number of rotatable bonds is 2. The second kappa shape index (κ2) is 4.90. The third-order valence-corrected chi connectivity index (χ3v) is 4.64. The Labute approximate surface area is 121 Å². The maximum atomic E-state index is 5.93. The number of hydrogen-bond acceptors (Lipinski definition) is 5. The van der Waals surface area contributed by atoms with Crippen molar-refractivity contribution in [3.63, 3.8) is 0 Å². The van der Waals surface area contributed by atoms with E-state index in [4.69, 9.17) is 4.42 Å². The van der Waals surface area contributed by atoms with Crippen LogP contribution in [0.4, 0.5) is 6.01 Å². The van der Waals surface area contributed by atoms with Gasteiger partial charge in [0, 0.05) is 18.1 Å². The average molecular weight is 285 g/mol. The van der Waals surface area contributed by atoms with Gasteiger partial charge in [-0.3, -0.25) is 0 Å². The minimum atomic E-state index is 0.303. The van der Waals surface area contributed by atoms with Gasteiger partial charge in [0.25, 0.3) is 6.01 Å². The molecule has 0 spiro atoms. The lowest BCUT2D eigenvalue weighted by molar-refractivity contribution is 0.432. The fourth-order valence-electron chi connectivity index (χ4n) is 2.80. The van der Waals surface area contributed by atoms with Gasteiger partial charge in [0.1, 0.15) is 10.5 Å². The highest BCUT2D eigenvalue weighted by Gasteiger charge is 2.29. The number of anilines is 1. The van der Waals surface area contributed by atoms with E-state index in [0.717, 1.165) is 35.1 Å². The molecule has 1 aromatic carbocycles. The molecule has 0 bridgehead atoms. The lowest BCUT2D eigenvalue weighted by atomic mass is 10.0. The minimum absolute atomic E-state index is 0.303. The smallest absolute Gasteiger partial charge is 0.298 e. The van der Waals surface area contributed by atoms with Gasteiger partial charge in [-0.1, -0.05) is 12.1 Å². The quantitative estimate of drug-likeness (QED) is 0.713. The molecule has 1 aliphatic rings. The predicted molar refractivity (Wildman–Crippen MR) is 80.1 cm³/mol. The SMILES string of the molecule is c1ccc2oc(N3CCCC[C@@H]3c3nccs3)nc2c1. The van der Waals surface area contributed by atoms with Crippen molar-refractivity contribution < 1.29 is 4.42 Å². The van der Waals surface area contributed by atoms with Crippen molar-refractivity contribution in [2.45, 2.75) is 25.3 Å². The molecule has 1 aliphatic heterocycles. The number of thiazole rings is 1. The lowest BCUT2D eigenvalue weighted by Gasteiger charge is -2.33. The number of para-hydroxylation sites is 2. The Morgan fingerprint density at radius 2 is 2.20 bits per heavy atom. The van der Waals surface area contributed by atoms with E-state index in [1.807, 2.05) is 35.8 Å². The molecule has 5 heteroatoms. The first-order chi connectivity index (χ1) is 9.92. The van der Waals surface area contributed by atoms with E-state index in [-0.39, 0.29) is 0 Å². The Bertz CT molecular complexity index is 674. The summed E-state index contributed by atoms with van der Waals surface area (Å²) in [4.78, 5) is 11.4. The number of oxazole rings is 1. The Kier molecular flexibility index (Phi) is 2.92. The summed E-state index contributed by atoms with van der Waals surface area (Å²) in [5, 5.41) is 3.20. The van der Waals surface area contributed by atoms with Gasteiger partial charge in [-0.15, -0.1) is 11.3 Å². The molecule has 0 radical (unpaired) electrons. The van der Waals surface area contributed by atoms with Crippen LogP contribution in [-0.2, 0) is 0 Å². The molecule has 0 unspecified atom stereocenters. The first-order valence-corrected chi connectivity index (χ1v) is 7.81. The van der Waals surface area contributed by atoms with Crippen LogP contribution in [-0.4, -0.2) is 16.5 Å². The number of aromatic nitrogens is 2. The van der Waals surface area contributed by atoms with E-state index < -0.39 is 0 Å². The van der Waals surface area contributed by atoms with Crippen molar-refractivity contribution in [1.29, 1.82) is 0 Å². The summed E-state index contributed by atoms with van der Waals surface area (Å²) in [5.74, 6) is 0. The Morgan fingerprint density at radius 1 is 1.25 bits per heavy atom. The summed E-state index contributed by atoms with van der Waals surface area (Å²) in [7, 11) is 0. The van der Waals surface area contributed by atoms with Crippen LogP contribution >= 0.6 is 11.3 Å². The molecule has 1 atom stereocenters. The standard InChI is InChI=1S/C15H15N3OS/c1-2-7-13-11(5-1)17-15(19-13)18-9-4-3-6-12(18)14-16-8-10-20-14/h1-2,5,7-8,10,12H,3-4,6,9H2/t12-/m1/s1. The van der Waals surface area contributed by atoms with Crippen molar-refractivity contribution >= 4 is 28.5 Å². The molecule has 0 aliphatic carbocycles. The van der Waals surface area contributed by atoms with Crippen molar-refractivity contribution in [2.24, 2.45) is 0 Å². The summed E-state index contributed by atoms with van der Waals surface area (Å²) in [6, 6.07) is 8.95. The van der Waals surface area contributed by atoms with Crippen molar-refractivity contribution in [1.82, 2.24) is 9.97 Å². The Morgan fingerprint density at radius 3 is 3.05 bits per heavy atom. The molecule has 3 heterocycles. The summed E-state index contributed by atoms with van der Waals surface area (Å²) in [5.41, 5.74) is 1.77. The second-order valence-electron chi connectivity index (χ2n) is 5.04. The highest BCUT2D eigenvalue weighted by Crippen LogP contribution is 2.36. The lowest BCUT2D eigenvalue weighted by Crippen LogP contribution is -2.33. The number of benzene rings is 1. The first-order valence-electron chi connectivity index (χ1n) is 6.93. The van der Waals surface area contributed by atoms with Gasteiger partial charge in [0.2, 0.25) is 0 Å². The van der Waals surface area contributed by atoms with Gasteiger partial charge < -0.3 is 9.32 Å². The van der Waals surface area contributed by atoms with Crippen molar-refractivity contribution in [2.75, 3.05) is 11.4 Å². The largest absolute Gasteiger partial charge is 0.423 e. The van der Waals surface area contributed by atoms with Gasteiger partial charge in [-0.2, -0.15) is 4.98 Å². The first kappa shape index (κ1) is 11.9. The highest BCUT2D eigenvalue weighted by molar-refractivity contribution is 7.09. The van der Waals surface area contributed by atoms with Crippen LogP contribution in [0.25, 0.3) is 11.1 Å². The molecule has 1 fully saturated rings. The number of hydrogen-bond donors (Lipinski definition) is 0. The van der Waals surface area contributed by atoms with E-state index >= 15 is 0 Å². The molecule has 0 amide bonds. The van der Waals surface area contributed by atoms with Crippen molar-refractivity contribution in [3.05, 3.63) is 40.8 Å². The maximum absolute atomic E-state index is 5.93. The molecule has 1 saturated heterocycles. The van der Waals surface area contributed by atoms with Gasteiger partial charge >= 0.3 is 0 Å². The monoisotopic (exact) mass is 285 g/mol. The van der Waals surface area contributed by atoms with Gasteiger partial charge in [-0.05, 0) is 31.4 Å². The van der Waals surface area contributed by atoms with Crippen LogP contribution in [0.5, 0.6) is 0 Å². The fraction of sp³-hybridized carbons (Fsp3) is 0.333. The minimum Gasteiger partial charge on any atom is -0.423 e.